The number of aromatic nitrogens is 1. The first-order valence-corrected chi connectivity index (χ1v) is 7.70. The molecule has 0 saturated carbocycles. The molecule has 1 aromatic rings. The van der Waals surface area contributed by atoms with E-state index in [1.165, 1.54) is 0 Å². The van der Waals surface area contributed by atoms with E-state index < -0.39 is 0 Å². The molecule has 0 bridgehead atoms. The predicted octanol–water partition coefficient (Wildman–Crippen LogP) is 1.80. The van der Waals surface area contributed by atoms with E-state index in [1.54, 1.807) is 6.07 Å². The van der Waals surface area contributed by atoms with Crippen LogP contribution in [0.1, 0.15) is 45.2 Å². The summed E-state index contributed by atoms with van der Waals surface area (Å²) in [6.07, 6.45) is 2.24. The number of anilines is 1. The first-order chi connectivity index (χ1) is 9.95. The van der Waals surface area contributed by atoms with Crippen LogP contribution < -0.4 is 11.1 Å². The third-order valence-electron chi connectivity index (χ3n) is 4.04. The molecule has 2 heterocycles. The number of rotatable bonds is 5. The molecule has 1 aliphatic heterocycles. The van der Waals surface area contributed by atoms with Gasteiger partial charge in [-0.2, -0.15) is 0 Å². The minimum absolute atomic E-state index is 0.0632. The maximum Gasteiger partial charge on any atom is 0.240 e. The molecule has 6 heteroatoms. The Labute approximate surface area is 126 Å². The maximum absolute atomic E-state index is 12.1. The number of carbonyl (C=O) groups is 1. The Morgan fingerprint density at radius 2 is 2.33 bits per heavy atom. The molecule has 21 heavy (non-hydrogen) atoms. The molecule has 1 fully saturated rings. The van der Waals surface area contributed by atoms with E-state index in [2.05, 4.69) is 15.4 Å². The number of hydrogen-bond donors (Lipinski definition) is 2. The molecule has 1 aliphatic rings. The Morgan fingerprint density at radius 3 is 2.95 bits per heavy atom. The van der Waals surface area contributed by atoms with Crippen molar-refractivity contribution in [3.63, 3.8) is 0 Å². The van der Waals surface area contributed by atoms with Crippen LogP contribution in [0.2, 0.25) is 0 Å². The lowest BCUT2D eigenvalue weighted by molar-refractivity contribution is -0.117. The summed E-state index contributed by atoms with van der Waals surface area (Å²) in [5.41, 5.74) is 6.81. The summed E-state index contributed by atoms with van der Waals surface area (Å²) >= 11 is 0. The summed E-state index contributed by atoms with van der Waals surface area (Å²) < 4.78 is 5.12. The Hall–Kier alpha value is -1.40. The van der Waals surface area contributed by atoms with Gasteiger partial charge in [-0.25, -0.2) is 0 Å². The standard InChI is InChI=1S/C15H26N4O2/c1-10(2)13-7-15(21-18-13)17-14(20)9-19-6-4-5-12(8-19)11(3)16/h7,10-12H,4-6,8-9,16H2,1-3H3,(H,17,20). The molecule has 0 aliphatic carbocycles. The largest absolute Gasteiger partial charge is 0.338 e. The number of nitrogens with two attached hydrogens (primary N) is 1. The SMILES string of the molecule is CC(C)c1cc(NC(=O)CN2CCCC(C(C)N)C2)on1. The number of nitrogens with zero attached hydrogens (tertiary/aromatic N) is 2. The van der Waals surface area contributed by atoms with Gasteiger partial charge in [-0.15, -0.1) is 0 Å². The van der Waals surface area contributed by atoms with Crippen molar-refractivity contribution in [1.82, 2.24) is 10.1 Å². The zero-order chi connectivity index (χ0) is 15.4. The number of carbonyl (C=O) groups excluding carboxylic acids is 1. The van der Waals surface area contributed by atoms with Crippen LogP contribution in [0.5, 0.6) is 0 Å². The van der Waals surface area contributed by atoms with Crippen molar-refractivity contribution in [2.45, 2.75) is 45.6 Å². The molecule has 1 saturated heterocycles. The van der Waals surface area contributed by atoms with Gasteiger partial charge in [0.05, 0.1) is 12.2 Å². The third-order valence-corrected chi connectivity index (χ3v) is 4.04. The Bertz CT molecular complexity index is 470. The van der Waals surface area contributed by atoms with Crippen molar-refractivity contribution < 1.29 is 9.32 Å². The van der Waals surface area contributed by atoms with Crippen molar-refractivity contribution in [2.75, 3.05) is 25.0 Å². The average Bonchev–Trinajstić information content (AvgIpc) is 2.87. The number of piperidine rings is 1. The quantitative estimate of drug-likeness (QED) is 0.865. The summed E-state index contributed by atoms with van der Waals surface area (Å²) in [5.74, 6) is 1.12. The second-order valence-electron chi connectivity index (χ2n) is 6.32. The molecule has 2 unspecified atom stereocenters. The van der Waals surface area contributed by atoms with Gasteiger partial charge in [0, 0.05) is 18.7 Å². The van der Waals surface area contributed by atoms with Gasteiger partial charge >= 0.3 is 0 Å². The third kappa shape index (κ3) is 4.54. The van der Waals surface area contributed by atoms with Crippen molar-refractivity contribution in [3.8, 4) is 0 Å². The van der Waals surface area contributed by atoms with E-state index in [4.69, 9.17) is 10.3 Å². The molecular weight excluding hydrogens is 268 g/mol. The normalized spacial score (nSPS) is 21.5. The maximum atomic E-state index is 12.1. The highest BCUT2D eigenvalue weighted by molar-refractivity contribution is 5.90. The van der Waals surface area contributed by atoms with Crippen molar-refractivity contribution in [3.05, 3.63) is 11.8 Å². The molecule has 0 spiro atoms. The van der Waals surface area contributed by atoms with Gasteiger partial charge in [-0.1, -0.05) is 19.0 Å². The molecule has 1 amide bonds. The lowest BCUT2D eigenvalue weighted by atomic mass is 9.92. The van der Waals surface area contributed by atoms with Crippen LogP contribution in [-0.2, 0) is 4.79 Å². The molecule has 0 radical (unpaired) electrons. The molecule has 3 N–H and O–H groups in total. The van der Waals surface area contributed by atoms with E-state index in [-0.39, 0.29) is 17.9 Å². The van der Waals surface area contributed by atoms with Gasteiger partial charge in [-0.3, -0.25) is 15.0 Å². The van der Waals surface area contributed by atoms with Crippen LogP contribution >= 0.6 is 0 Å². The van der Waals surface area contributed by atoms with Gasteiger partial charge in [-0.05, 0) is 38.1 Å². The van der Waals surface area contributed by atoms with E-state index in [1.807, 2.05) is 20.8 Å². The van der Waals surface area contributed by atoms with Crippen molar-refractivity contribution >= 4 is 11.8 Å². The van der Waals surface area contributed by atoms with Gasteiger partial charge in [0.1, 0.15) is 0 Å². The van der Waals surface area contributed by atoms with Crippen LogP contribution in [0.3, 0.4) is 0 Å². The minimum Gasteiger partial charge on any atom is -0.338 e. The van der Waals surface area contributed by atoms with Crippen molar-refractivity contribution in [2.24, 2.45) is 11.7 Å². The van der Waals surface area contributed by atoms with Crippen LogP contribution in [0, 0.1) is 5.92 Å². The Kier molecular flexibility index (Phi) is 5.36. The highest BCUT2D eigenvalue weighted by atomic mass is 16.5. The Balaban J connectivity index is 1.83. The summed E-state index contributed by atoms with van der Waals surface area (Å²) in [6, 6.07) is 1.96. The molecular formula is C15H26N4O2. The first kappa shape index (κ1) is 16.0. The zero-order valence-electron chi connectivity index (χ0n) is 13.1. The number of amides is 1. The summed E-state index contributed by atoms with van der Waals surface area (Å²) in [7, 11) is 0. The molecule has 118 valence electrons. The first-order valence-electron chi connectivity index (χ1n) is 7.70. The Morgan fingerprint density at radius 1 is 1.57 bits per heavy atom. The summed E-state index contributed by atoms with van der Waals surface area (Å²) in [6.45, 7) is 8.32. The second-order valence-corrected chi connectivity index (χ2v) is 6.32. The van der Waals surface area contributed by atoms with Crippen LogP contribution in [0.25, 0.3) is 0 Å². The van der Waals surface area contributed by atoms with E-state index >= 15 is 0 Å². The smallest absolute Gasteiger partial charge is 0.240 e. The zero-order valence-corrected chi connectivity index (χ0v) is 13.1. The van der Waals surface area contributed by atoms with Crippen LogP contribution in [0.4, 0.5) is 5.88 Å². The fourth-order valence-corrected chi connectivity index (χ4v) is 2.66. The van der Waals surface area contributed by atoms with Gasteiger partial charge in [0.15, 0.2) is 0 Å². The average molecular weight is 294 g/mol. The molecule has 1 aromatic heterocycles. The predicted molar refractivity (Wildman–Crippen MR) is 82.0 cm³/mol. The van der Waals surface area contributed by atoms with Crippen LogP contribution in [0.15, 0.2) is 10.6 Å². The second kappa shape index (κ2) is 7.04. The highest BCUT2D eigenvalue weighted by Gasteiger charge is 2.24. The van der Waals surface area contributed by atoms with E-state index in [0.29, 0.717) is 18.3 Å². The fraction of sp³-hybridized carbons (Fsp3) is 0.733. The molecule has 6 nitrogen and oxygen atoms in total. The monoisotopic (exact) mass is 294 g/mol. The van der Waals surface area contributed by atoms with Gasteiger partial charge in [0.25, 0.3) is 0 Å². The topological polar surface area (TPSA) is 84.4 Å². The number of nitrogens with one attached hydrogen (secondary N) is 1. The molecule has 0 aromatic carbocycles. The summed E-state index contributed by atoms with van der Waals surface area (Å²) in [4.78, 5) is 14.2. The fourth-order valence-electron chi connectivity index (χ4n) is 2.66. The van der Waals surface area contributed by atoms with E-state index in [0.717, 1.165) is 31.6 Å². The van der Waals surface area contributed by atoms with E-state index in [9.17, 15) is 4.79 Å². The molecule has 2 rings (SSSR count). The minimum atomic E-state index is -0.0632. The van der Waals surface area contributed by atoms with Crippen molar-refractivity contribution in [1.29, 1.82) is 0 Å². The number of hydrogen-bond acceptors (Lipinski definition) is 5. The summed E-state index contributed by atoms with van der Waals surface area (Å²) in [5, 5.41) is 6.70. The van der Waals surface area contributed by atoms with Gasteiger partial charge in [0.2, 0.25) is 11.8 Å². The van der Waals surface area contributed by atoms with Gasteiger partial charge < -0.3 is 10.3 Å². The lowest BCUT2D eigenvalue weighted by Crippen LogP contribution is -2.45. The number of likely N-dealkylation sites (tertiary alicyclic amines) is 1. The lowest BCUT2D eigenvalue weighted by Gasteiger charge is -2.33. The molecule has 2 atom stereocenters. The highest BCUT2D eigenvalue weighted by Crippen LogP contribution is 2.19. The van der Waals surface area contributed by atoms with Crippen LogP contribution in [-0.4, -0.2) is 41.6 Å².